The summed E-state index contributed by atoms with van der Waals surface area (Å²) in [6.45, 7) is 0. The Bertz CT molecular complexity index is 363. The van der Waals surface area contributed by atoms with Crippen LogP contribution in [0.15, 0.2) is 30.3 Å². The van der Waals surface area contributed by atoms with Crippen molar-refractivity contribution in [1.82, 2.24) is 0 Å². The average Bonchev–Trinajstić information content (AvgIpc) is 2.64. The molecule has 0 heterocycles. The first-order chi connectivity index (χ1) is 7.12. The lowest BCUT2D eigenvalue weighted by atomic mass is 9.93. The normalized spacial score (nSPS) is 30.3. The van der Waals surface area contributed by atoms with E-state index < -0.39 is 11.5 Å². The van der Waals surface area contributed by atoms with E-state index in [1.165, 1.54) is 5.56 Å². The molecule has 0 amide bonds. The molecule has 3 nitrogen and oxygen atoms in total. The second-order valence-corrected chi connectivity index (χ2v) is 4.31. The van der Waals surface area contributed by atoms with Gasteiger partial charge in [-0.15, -0.1) is 0 Å². The molecule has 0 aromatic heterocycles. The van der Waals surface area contributed by atoms with Crippen molar-refractivity contribution >= 4 is 5.97 Å². The van der Waals surface area contributed by atoms with Crippen LogP contribution < -0.4 is 5.73 Å². The van der Waals surface area contributed by atoms with Crippen molar-refractivity contribution in [3.8, 4) is 0 Å². The highest BCUT2D eigenvalue weighted by molar-refractivity contribution is 5.79. The number of hydrogen-bond acceptors (Lipinski definition) is 2. The molecule has 0 saturated heterocycles. The predicted octanol–water partition coefficient (Wildman–Crippen LogP) is 1.74. The fourth-order valence-corrected chi connectivity index (χ4v) is 2.28. The van der Waals surface area contributed by atoms with Crippen molar-refractivity contribution in [3.63, 3.8) is 0 Å². The molecule has 1 aliphatic rings. The van der Waals surface area contributed by atoms with Crippen LogP contribution in [0.4, 0.5) is 0 Å². The number of nitrogens with two attached hydrogens (primary N) is 1. The van der Waals surface area contributed by atoms with Gasteiger partial charge in [0.1, 0.15) is 5.54 Å². The topological polar surface area (TPSA) is 63.3 Å². The third-order valence-corrected chi connectivity index (χ3v) is 3.25. The number of aliphatic carboxylic acids is 1. The van der Waals surface area contributed by atoms with Crippen LogP contribution in [0, 0.1) is 0 Å². The van der Waals surface area contributed by atoms with E-state index >= 15 is 0 Å². The maximum Gasteiger partial charge on any atom is 0.323 e. The Balaban J connectivity index is 2.14. The summed E-state index contributed by atoms with van der Waals surface area (Å²) >= 11 is 0. The Hall–Kier alpha value is -1.35. The molecule has 2 atom stereocenters. The Kier molecular flexibility index (Phi) is 2.49. The second-order valence-electron chi connectivity index (χ2n) is 4.31. The first-order valence-electron chi connectivity index (χ1n) is 5.19. The molecule has 15 heavy (non-hydrogen) atoms. The number of rotatable bonds is 2. The van der Waals surface area contributed by atoms with Crippen molar-refractivity contribution in [3.05, 3.63) is 35.9 Å². The van der Waals surface area contributed by atoms with Gasteiger partial charge in [-0.1, -0.05) is 30.3 Å². The molecule has 2 rings (SSSR count). The zero-order valence-corrected chi connectivity index (χ0v) is 8.52. The zero-order chi connectivity index (χ0) is 10.9. The van der Waals surface area contributed by atoms with Crippen LogP contribution in [0.2, 0.25) is 0 Å². The standard InChI is InChI=1S/C12H15NO2/c13-12(11(14)15)7-6-10(8-12)9-4-2-1-3-5-9/h1-5,10H,6-8,13H2,(H,14,15). The monoisotopic (exact) mass is 205 g/mol. The summed E-state index contributed by atoms with van der Waals surface area (Å²) in [4.78, 5) is 11.0. The summed E-state index contributed by atoms with van der Waals surface area (Å²) in [5.41, 5.74) is 6.02. The first kappa shape index (κ1) is 10.2. The molecular formula is C12H15NO2. The highest BCUT2D eigenvalue weighted by Crippen LogP contribution is 2.39. The molecule has 1 aromatic rings. The molecule has 3 N–H and O–H groups in total. The van der Waals surface area contributed by atoms with Crippen LogP contribution in [0.3, 0.4) is 0 Å². The lowest BCUT2D eigenvalue weighted by Gasteiger charge is -2.18. The van der Waals surface area contributed by atoms with E-state index in [0.717, 1.165) is 6.42 Å². The van der Waals surface area contributed by atoms with Gasteiger partial charge in [0.05, 0.1) is 0 Å². The van der Waals surface area contributed by atoms with Crippen LogP contribution in [0.1, 0.15) is 30.7 Å². The summed E-state index contributed by atoms with van der Waals surface area (Å²) in [6, 6.07) is 10.0. The van der Waals surface area contributed by atoms with Gasteiger partial charge in [-0.25, -0.2) is 0 Å². The first-order valence-corrected chi connectivity index (χ1v) is 5.19. The fraction of sp³-hybridized carbons (Fsp3) is 0.417. The van der Waals surface area contributed by atoms with Crippen molar-refractivity contribution in [2.75, 3.05) is 0 Å². The summed E-state index contributed by atoms with van der Waals surface area (Å²) in [5, 5.41) is 9.01. The number of hydrogen-bond donors (Lipinski definition) is 2. The van der Waals surface area contributed by atoms with Gasteiger partial charge in [0.15, 0.2) is 0 Å². The predicted molar refractivity (Wildman–Crippen MR) is 57.6 cm³/mol. The number of carboxylic acid groups (broad SMARTS) is 1. The molecular weight excluding hydrogens is 190 g/mol. The van der Waals surface area contributed by atoms with Crippen molar-refractivity contribution in [1.29, 1.82) is 0 Å². The lowest BCUT2D eigenvalue weighted by Crippen LogP contribution is -2.45. The summed E-state index contributed by atoms with van der Waals surface area (Å²) < 4.78 is 0. The zero-order valence-electron chi connectivity index (χ0n) is 8.52. The highest BCUT2D eigenvalue weighted by atomic mass is 16.4. The molecule has 0 spiro atoms. The van der Waals surface area contributed by atoms with Gasteiger partial charge in [0, 0.05) is 0 Å². The SMILES string of the molecule is NC1(C(=O)O)CCC(c2ccccc2)C1. The van der Waals surface area contributed by atoms with E-state index in [0.29, 0.717) is 18.8 Å². The van der Waals surface area contributed by atoms with Gasteiger partial charge in [0.2, 0.25) is 0 Å². The Morgan fingerprint density at radius 3 is 2.60 bits per heavy atom. The van der Waals surface area contributed by atoms with Gasteiger partial charge in [0.25, 0.3) is 0 Å². The third-order valence-electron chi connectivity index (χ3n) is 3.25. The molecule has 0 radical (unpaired) electrons. The second kappa shape index (κ2) is 3.66. The number of carboxylic acids is 1. The Morgan fingerprint density at radius 2 is 2.07 bits per heavy atom. The van der Waals surface area contributed by atoms with Crippen LogP contribution >= 0.6 is 0 Å². The minimum Gasteiger partial charge on any atom is -0.480 e. The van der Waals surface area contributed by atoms with Crippen LogP contribution in [0.25, 0.3) is 0 Å². The molecule has 1 saturated carbocycles. The van der Waals surface area contributed by atoms with Gasteiger partial charge in [-0.2, -0.15) is 0 Å². The summed E-state index contributed by atoms with van der Waals surface area (Å²) in [6.07, 6.45) is 1.99. The average molecular weight is 205 g/mol. The minimum atomic E-state index is -1.01. The largest absolute Gasteiger partial charge is 0.480 e. The molecule has 0 aliphatic heterocycles. The van der Waals surface area contributed by atoms with E-state index in [2.05, 4.69) is 0 Å². The molecule has 0 bridgehead atoms. The lowest BCUT2D eigenvalue weighted by molar-refractivity contribution is -0.143. The van der Waals surface area contributed by atoms with Gasteiger partial charge in [-0.3, -0.25) is 4.79 Å². The van der Waals surface area contributed by atoms with Crippen molar-refractivity contribution in [2.45, 2.75) is 30.7 Å². The maximum atomic E-state index is 11.0. The summed E-state index contributed by atoms with van der Waals surface area (Å²) in [7, 11) is 0. The highest BCUT2D eigenvalue weighted by Gasteiger charge is 2.42. The molecule has 2 unspecified atom stereocenters. The van der Waals surface area contributed by atoms with Crippen LogP contribution in [0.5, 0.6) is 0 Å². The third kappa shape index (κ3) is 1.88. The van der Waals surface area contributed by atoms with E-state index in [4.69, 9.17) is 10.8 Å². The molecule has 80 valence electrons. The van der Waals surface area contributed by atoms with Gasteiger partial charge >= 0.3 is 5.97 Å². The van der Waals surface area contributed by atoms with E-state index in [9.17, 15) is 4.79 Å². The van der Waals surface area contributed by atoms with Gasteiger partial charge < -0.3 is 10.8 Å². The van der Waals surface area contributed by atoms with E-state index in [1.54, 1.807) is 0 Å². The smallest absolute Gasteiger partial charge is 0.323 e. The van der Waals surface area contributed by atoms with E-state index in [-0.39, 0.29) is 0 Å². The molecule has 1 fully saturated rings. The summed E-state index contributed by atoms with van der Waals surface area (Å²) in [5.74, 6) is -0.576. The number of benzene rings is 1. The van der Waals surface area contributed by atoms with Crippen molar-refractivity contribution < 1.29 is 9.90 Å². The molecule has 1 aromatic carbocycles. The Morgan fingerprint density at radius 1 is 1.40 bits per heavy atom. The van der Waals surface area contributed by atoms with Crippen LogP contribution in [-0.4, -0.2) is 16.6 Å². The fourth-order valence-electron chi connectivity index (χ4n) is 2.28. The maximum absolute atomic E-state index is 11.0. The molecule has 1 aliphatic carbocycles. The van der Waals surface area contributed by atoms with Crippen molar-refractivity contribution in [2.24, 2.45) is 5.73 Å². The number of carbonyl (C=O) groups is 1. The Labute approximate surface area is 88.9 Å². The molecule has 3 heteroatoms. The minimum absolute atomic E-state index is 0.298. The van der Waals surface area contributed by atoms with Gasteiger partial charge in [-0.05, 0) is 30.7 Å². The van der Waals surface area contributed by atoms with Crippen LogP contribution in [-0.2, 0) is 4.79 Å². The quantitative estimate of drug-likeness (QED) is 0.773. The van der Waals surface area contributed by atoms with E-state index in [1.807, 2.05) is 30.3 Å².